The fraction of sp³-hybridized carbons (Fsp3) is 0.522. The summed E-state index contributed by atoms with van der Waals surface area (Å²) in [7, 11) is 1.41. The summed E-state index contributed by atoms with van der Waals surface area (Å²) in [5.74, 6) is 0.0644. The molecule has 2 rings (SSSR count). The first-order chi connectivity index (χ1) is 13.6. The van der Waals surface area contributed by atoms with E-state index in [1.807, 2.05) is 41.3 Å². The molecule has 6 heteroatoms. The number of esters is 1. The number of hydrogen-bond donors (Lipinski definition) is 0. The van der Waals surface area contributed by atoms with Crippen molar-refractivity contribution in [3.8, 4) is 0 Å². The average Bonchev–Trinajstić information content (AvgIpc) is 2.70. The monoisotopic (exact) mass is 409 g/mol. The van der Waals surface area contributed by atoms with Crippen LogP contribution in [0.4, 0.5) is 0 Å². The number of ether oxygens (including phenoxy) is 1. The van der Waals surface area contributed by atoms with Gasteiger partial charge >= 0.3 is 35.5 Å². The van der Waals surface area contributed by atoms with Gasteiger partial charge < -0.3 is 11.1 Å². The molecular formula is C23H32NNaO4. The number of methoxy groups -OCH3 is 1. The maximum atomic E-state index is 12.3. The zero-order valence-corrected chi connectivity index (χ0v) is 19.8. The van der Waals surface area contributed by atoms with E-state index in [-0.39, 0.29) is 54.7 Å². The van der Waals surface area contributed by atoms with Gasteiger partial charge in [0.1, 0.15) is 0 Å². The van der Waals surface area contributed by atoms with Crippen molar-refractivity contribution in [2.45, 2.75) is 63.8 Å². The minimum absolute atomic E-state index is 0. The molecule has 1 aliphatic rings. The minimum atomic E-state index is -0.170. The summed E-state index contributed by atoms with van der Waals surface area (Å²) < 4.78 is 4.64. The van der Waals surface area contributed by atoms with E-state index >= 15 is 0 Å². The summed E-state index contributed by atoms with van der Waals surface area (Å²) in [6.07, 6.45) is 10.4. The van der Waals surface area contributed by atoms with Gasteiger partial charge in [0.15, 0.2) is 5.78 Å². The van der Waals surface area contributed by atoms with Gasteiger partial charge in [-0.1, -0.05) is 49.2 Å². The van der Waals surface area contributed by atoms with Crippen molar-refractivity contribution in [1.82, 2.24) is 4.90 Å². The standard InChI is InChI=1S/C23H31NO4.Na.H/c1-28-23(27)14-7-2-3-8-17-24-20(12-9-13-22(24)26)15-16-21(25)18-19-10-5-4-6-11-19;;/h4-6,10-11,15-16,20H,2-3,7-9,12-14,17-18H2,1H3;;/q;+1;-1/b16-15+;;. The van der Waals surface area contributed by atoms with Gasteiger partial charge in [-0.3, -0.25) is 14.4 Å². The number of benzene rings is 1. The van der Waals surface area contributed by atoms with Crippen molar-refractivity contribution in [2.24, 2.45) is 0 Å². The van der Waals surface area contributed by atoms with Gasteiger partial charge in [-0.05, 0) is 37.3 Å². The Hall–Kier alpha value is -1.43. The van der Waals surface area contributed by atoms with Crippen LogP contribution in [0.2, 0.25) is 0 Å². The molecule has 0 aliphatic carbocycles. The molecule has 1 aromatic rings. The number of nitrogens with zero attached hydrogens (tertiary/aromatic N) is 1. The minimum Gasteiger partial charge on any atom is -1.00 e. The molecule has 0 bridgehead atoms. The summed E-state index contributed by atoms with van der Waals surface area (Å²) in [6.45, 7) is 0.707. The van der Waals surface area contributed by atoms with Crippen molar-refractivity contribution < 1.29 is 50.1 Å². The van der Waals surface area contributed by atoms with Crippen LogP contribution in [0, 0.1) is 0 Å². The SMILES string of the molecule is COC(=O)CCCCCCN1C(=O)CCCC1/C=C/C(=O)Cc1ccccc1.[H-].[Na+]. The third kappa shape index (κ3) is 9.75. The van der Waals surface area contributed by atoms with Crippen LogP contribution in [0.5, 0.6) is 0 Å². The topological polar surface area (TPSA) is 63.7 Å². The fourth-order valence-electron chi connectivity index (χ4n) is 3.52. The Morgan fingerprint density at radius 1 is 1.17 bits per heavy atom. The van der Waals surface area contributed by atoms with E-state index in [1.165, 1.54) is 7.11 Å². The van der Waals surface area contributed by atoms with Gasteiger partial charge in [-0.15, -0.1) is 0 Å². The maximum absolute atomic E-state index is 12.3. The van der Waals surface area contributed by atoms with Crippen LogP contribution < -0.4 is 29.6 Å². The molecule has 1 amide bonds. The Balaban J connectivity index is 0.00000420. The summed E-state index contributed by atoms with van der Waals surface area (Å²) in [4.78, 5) is 37.6. The van der Waals surface area contributed by atoms with Gasteiger partial charge in [0.05, 0.1) is 13.2 Å². The van der Waals surface area contributed by atoms with Crippen LogP contribution in [0.15, 0.2) is 42.5 Å². The largest absolute Gasteiger partial charge is 1.00 e. The molecule has 1 unspecified atom stereocenters. The molecule has 1 aromatic carbocycles. The van der Waals surface area contributed by atoms with Crippen molar-refractivity contribution in [1.29, 1.82) is 0 Å². The Morgan fingerprint density at radius 2 is 1.90 bits per heavy atom. The molecule has 29 heavy (non-hydrogen) atoms. The van der Waals surface area contributed by atoms with Gasteiger partial charge in [0.2, 0.25) is 5.91 Å². The van der Waals surface area contributed by atoms with E-state index in [1.54, 1.807) is 6.08 Å². The van der Waals surface area contributed by atoms with E-state index in [0.717, 1.165) is 44.1 Å². The molecule has 1 aliphatic heterocycles. The second kappa shape index (κ2) is 14.5. The molecule has 1 fully saturated rings. The van der Waals surface area contributed by atoms with E-state index < -0.39 is 0 Å². The quantitative estimate of drug-likeness (QED) is 0.237. The van der Waals surface area contributed by atoms with Crippen molar-refractivity contribution in [3.05, 3.63) is 48.0 Å². The first kappa shape index (κ1) is 25.6. The van der Waals surface area contributed by atoms with E-state index in [9.17, 15) is 14.4 Å². The van der Waals surface area contributed by atoms with Crippen LogP contribution in [-0.2, 0) is 25.5 Å². The number of carbonyl (C=O) groups excluding carboxylic acids is 3. The first-order valence-corrected chi connectivity index (χ1v) is 10.2. The van der Waals surface area contributed by atoms with Crippen LogP contribution in [0.25, 0.3) is 0 Å². The first-order valence-electron chi connectivity index (χ1n) is 10.2. The summed E-state index contributed by atoms with van der Waals surface area (Å²) >= 11 is 0. The van der Waals surface area contributed by atoms with Gasteiger partial charge in [-0.25, -0.2) is 0 Å². The van der Waals surface area contributed by atoms with E-state index in [2.05, 4.69) is 4.74 Å². The molecule has 0 N–H and O–H groups in total. The molecule has 1 atom stereocenters. The number of allylic oxidation sites excluding steroid dienone is 1. The average molecular weight is 410 g/mol. The molecule has 0 radical (unpaired) electrons. The predicted octanol–water partition coefficient (Wildman–Crippen LogP) is 0.976. The normalized spacial score (nSPS) is 16.5. The third-order valence-corrected chi connectivity index (χ3v) is 5.09. The van der Waals surface area contributed by atoms with Crippen molar-refractivity contribution in [2.75, 3.05) is 13.7 Å². The molecule has 0 spiro atoms. The Kier molecular flexibility index (Phi) is 12.8. The summed E-state index contributed by atoms with van der Waals surface area (Å²) in [5.41, 5.74) is 1.00. The van der Waals surface area contributed by atoms with Crippen LogP contribution >= 0.6 is 0 Å². The Labute approximate surface area is 197 Å². The zero-order chi connectivity index (χ0) is 20.2. The number of likely N-dealkylation sites (tertiary alicyclic amines) is 1. The number of ketones is 1. The number of piperidine rings is 1. The van der Waals surface area contributed by atoms with Crippen molar-refractivity contribution in [3.63, 3.8) is 0 Å². The van der Waals surface area contributed by atoms with Crippen LogP contribution in [0.3, 0.4) is 0 Å². The number of rotatable bonds is 11. The maximum Gasteiger partial charge on any atom is 1.00 e. The molecule has 1 saturated heterocycles. The second-order valence-electron chi connectivity index (χ2n) is 7.27. The molecule has 154 valence electrons. The van der Waals surface area contributed by atoms with Crippen LogP contribution in [-0.4, -0.2) is 42.3 Å². The van der Waals surface area contributed by atoms with E-state index in [0.29, 0.717) is 25.8 Å². The third-order valence-electron chi connectivity index (χ3n) is 5.09. The van der Waals surface area contributed by atoms with Gasteiger partial charge in [0, 0.05) is 25.8 Å². The summed E-state index contributed by atoms with van der Waals surface area (Å²) in [6, 6.07) is 9.70. The molecule has 5 nitrogen and oxygen atoms in total. The van der Waals surface area contributed by atoms with Gasteiger partial charge in [-0.2, -0.15) is 0 Å². The fourth-order valence-corrected chi connectivity index (χ4v) is 3.52. The second-order valence-corrected chi connectivity index (χ2v) is 7.27. The Bertz CT molecular complexity index is 681. The summed E-state index contributed by atoms with van der Waals surface area (Å²) in [5, 5.41) is 0. The number of hydrogen-bond acceptors (Lipinski definition) is 4. The van der Waals surface area contributed by atoms with Crippen LogP contribution in [0.1, 0.15) is 58.4 Å². The molecule has 1 heterocycles. The molecule has 0 aromatic heterocycles. The van der Waals surface area contributed by atoms with Gasteiger partial charge in [0.25, 0.3) is 0 Å². The van der Waals surface area contributed by atoms with Crippen molar-refractivity contribution >= 4 is 17.7 Å². The number of unbranched alkanes of at least 4 members (excludes halogenated alkanes) is 3. The molecule has 0 saturated carbocycles. The predicted molar refractivity (Wildman–Crippen MR) is 110 cm³/mol. The van der Waals surface area contributed by atoms with E-state index in [4.69, 9.17) is 0 Å². The smallest absolute Gasteiger partial charge is 1.00 e. The Morgan fingerprint density at radius 3 is 2.62 bits per heavy atom. The number of amides is 1. The molecular weight excluding hydrogens is 377 g/mol. The number of carbonyl (C=O) groups is 3. The zero-order valence-electron chi connectivity index (χ0n) is 18.8.